The van der Waals surface area contributed by atoms with Crippen molar-refractivity contribution in [3.05, 3.63) is 0 Å². The number of carbonyl (C=O) groups excluding carboxylic acids is 2. The highest BCUT2D eigenvalue weighted by atomic mass is 16.4. The fourth-order valence-corrected chi connectivity index (χ4v) is 0.851. The van der Waals surface area contributed by atoms with Crippen LogP contribution in [-0.4, -0.2) is 40.6 Å². The topological polar surface area (TPSA) is 130 Å². The molecule has 0 spiro atoms. The average Bonchev–Trinajstić information content (AvgIpc) is 2.12. The number of primary amides is 1. The zero-order valence-electron chi connectivity index (χ0n) is 9.19. The molecule has 0 heterocycles. The van der Waals surface area contributed by atoms with Gasteiger partial charge in [0.25, 0.3) is 0 Å². The van der Waals surface area contributed by atoms with E-state index in [1.807, 2.05) is 0 Å². The lowest BCUT2D eigenvalue weighted by Crippen LogP contribution is -2.41. The van der Waals surface area contributed by atoms with E-state index in [1.54, 1.807) is 0 Å². The van der Waals surface area contributed by atoms with Gasteiger partial charge in [-0.1, -0.05) is 0 Å². The molecule has 0 rings (SSSR count). The van der Waals surface area contributed by atoms with Gasteiger partial charge in [0.2, 0.25) is 11.8 Å². The second-order valence-corrected chi connectivity index (χ2v) is 4.09. The lowest BCUT2D eigenvalue weighted by atomic mass is 9.89. The van der Waals surface area contributed by atoms with Gasteiger partial charge in [-0.3, -0.25) is 14.4 Å². The van der Waals surface area contributed by atoms with E-state index < -0.39 is 29.3 Å². The van der Waals surface area contributed by atoms with Gasteiger partial charge in [-0.2, -0.15) is 0 Å². The van der Waals surface area contributed by atoms with Crippen LogP contribution in [0.15, 0.2) is 0 Å². The lowest BCUT2D eigenvalue weighted by Gasteiger charge is -2.18. The molecule has 0 fully saturated rings. The summed E-state index contributed by atoms with van der Waals surface area (Å²) in [5.41, 5.74) is 3.57. The summed E-state index contributed by atoms with van der Waals surface area (Å²) < 4.78 is 0. The molecule has 0 saturated heterocycles. The molecule has 1 unspecified atom stereocenters. The van der Waals surface area contributed by atoms with Crippen LogP contribution in [-0.2, 0) is 14.4 Å². The van der Waals surface area contributed by atoms with E-state index in [-0.39, 0.29) is 13.0 Å². The van der Waals surface area contributed by atoms with Crippen molar-refractivity contribution in [2.45, 2.75) is 26.4 Å². The monoisotopic (exact) mass is 232 g/mol. The van der Waals surface area contributed by atoms with Crippen LogP contribution < -0.4 is 11.1 Å². The molecule has 0 aromatic heterocycles. The zero-order chi connectivity index (χ0) is 12.9. The van der Waals surface area contributed by atoms with Gasteiger partial charge in [-0.05, 0) is 13.8 Å². The normalized spacial score (nSPS) is 12.9. The Hall–Kier alpha value is -1.63. The Bertz CT molecular complexity index is 300. The standard InChI is InChI=1S/C9H16N2O5/c1-9(2,8(15)16)3-6(13)11-4-5(12)7(10)14/h5,12H,3-4H2,1-2H3,(H2,10,14)(H,11,13)(H,15,16). The number of rotatable bonds is 6. The van der Waals surface area contributed by atoms with E-state index in [0.717, 1.165) is 0 Å². The fraction of sp³-hybridized carbons (Fsp3) is 0.667. The molecule has 0 radical (unpaired) electrons. The van der Waals surface area contributed by atoms with Gasteiger partial charge >= 0.3 is 5.97 Å². The van der Waals surface area contributed by atoms with Gasteiger partial charge in [0.15, 0.2) is 0 Å². The molecule has 2 amide bonds. The number of carboxylic acids is 1. The maximum absolute atomic E-state index is 11.3. The predicted octanol–water partition coefficient (Wildman–Crippen LogP) is -1.55. The molecule has 92 valence electrons. The molecule has 1 atom stereocenters. The molecule has 7 nitrogen and oxygen atoms in total. The molecule has 5 N–H and O–H groups in total. The summed E-state index contributed by atoms with van der Waals surface area (Å²) in [6.45, 7) is 2.49. The van der Waals surface area contributed by atoms with Gasteiger partial charge in [-0.15, -0.1) is 0 Å². The molecule has 0 aliphatic carbocycles. The molecular weight excluding hydrogens is 216 g/mol. The number of amides is 2. The molecule has 0 bridgehead atoms. The first-order valence-electron chi connectivity index (χ1n) is 4.64. The Morgan fingerprint density at radius 1 is 1.38 bits per heavy atom. The van der Waals surface area contributed by atoms with Gasteiger partial charge in [0, 0.05) is 6.42 Å². The van der Waals surface area contributed by atoms with E-state index in [9.17, 15) is 14.4 Å². The molecule has 7 heteroatoms. The highest BCUT2D eigenvalue weighted by molar-refractivity contribution is 5.85. The first kappa shape index (κ1) is 14.4. The van der Waals surface area contributed by atoms with Crippen LogP contribution in [0.25, 0.3) is 0 Å². The minimum atomic E-state index is -1.46. The first-order chi connectivity index (χ1) is 7.16. The summed E-state index contributed by atoms with van der Waals surface area (Å²) >= 11 is 0. The maximum Gasteiger partial charge on any atom is 0.309 e. The zero-order valence-corrected chi connectivity index (χ0v) is 9.19. The molecule has 0 aliphatic heterocycles. The summed E-state index contributed by atoms with van der Waals surface area (Å²) in [6.07, 6.45) is -1.70. The number of carboxylic acid groups (broad SMARTS) is 1. The van der Waals surface area contributed by atoms with Crippen molar-refractivity contribution < 1.29 is 24.6 Å². The minimum absolute atomic E-state index is 0.242. The van der Waals surface area contributed by atoms with Crippen molar-refractivity contribution in [3.63, 3.8) is 0 Å². The highest BCUT2D eigenvalue weighted by Crippen LogP contribution is 2.19. The Labute approximate surface area is 92.6 Å². The molecule has 0 aromatic rings. The molecule has 16 heavy (non-hydrogen) atoms. The number of hydrogen-bond donors (Lipinski definition) is 4. The minimum Gasteiger partial charge on any atom is -0.481 e. The van der Waals surface area contributed by atoms with E-state index in [2.05, 4.69) is 5.32 Å². The van der Waals surface area contributed by atoms with E-state index in [0.29, 0.717) is 0 Å². The van der Waals surface area contributed by atoms with Crippen molar-refractivity contribution in [3.8, 4) is 0 Å². The van der Waals surface area contributed by atoms with Gasteiger partial charge in [0.1, 0.15) is 6.10 Å². The fourth-order valence-electron chi connectivity index (χ4n) is 0.851. The van der Waals surface area contributed by atoms with Crippen molar-refractivity contribution >= 4 is 17.8 Å². The van der Waals surface area contributed by atoms with Crippen LogP contribution in [0.1, 0.15) is 20.3 Å². The van der Waals surface area contributed by atoms with Crippen molar-refractivity contribution in [2.24, 2.45) is 11.1 Å². The predicted molar refractivity (Wildman–Crippen MR) is 54.2 cm³/mol. The number of hydrogen-bond acceptors (Lipinski definition) is 4. The maximum atomic E-state index is 11.3. The average molecular weight is 232 g/mol. The number of aliphatic hydroxyl groups excluding tert-OH is 1. The number of aliphatic carboxylic acids is 1. The van der Waals surface area contributed by atoms with E-state index in [4.69, 9.17) is 15.9 Å². The Balaban J connectivity index is 4.11. The molecule has 0 aromatic carbocycles. The summed E-state index contributed by atoms with van der Waals surface area (Å²) in [6, 6.07) is 0. The smallest absolute Gasteiger partial charge is 0.309 e. The third-order valence-corrected chi connectivity index (χ3v) is 2.00. The highest BCUT2D eigenvalue weighted by Gasteiger charge is 2.30. The summed E-state index contributed by atoms with van der Waals surface area (Å²) in [4.78, 5) is 32.4. The number of carbonyl (C=O) groups is 3. The van der Waals surface area contributed by atoms with Crippen molar-refractivity contribution in [1.29, 1.82) is 0 Å². The Morgan fingerprint density at radius 2 is 1.88 bits per heavy atom. The van der Waals surface area contributed by atoms with Crippen LogP contribution in [0.3, 0.4) is 0 Å². The quantitative estimate of drug-likeness (QED) is 0.440. The molecule has 0 aliphatic rings. The van der Waals surface area contributed by atoms with Crippen LogP contribution >= 0.6 is 0 Å². The third-order valence-electron chi connectivity index (χ3n) is 2.00. The number of aliphatic hydroxyl groups is 1. The molecule has 0 saturated carbocycles. The second-order valence-electron chi connectivity index (χ2n) is 4.09. The largest absolute Gasteiger partial charge is 0.481 e. The summed E-state index contributed by atoms with van der Waals surface area (Å²) in [5.74, 6) is -2.61. The number of nitrogens with two attached hydrogens (primary N) is 1. The van der Waals surface area contributed by atoms with Crippen LogP contribution in [0.5, 0.6) is 0 Å². The SMILES string of the molecule is CC(C)(CC(=O)NCC(O)C(N)=O)C(=O)O. The van der Waals surface area contributed by atoms with Gasteiger partial charge < -0.3 is 21.3 Å². The Kier molecular flexibility index (Phi) is 4.90. The number of nitrogens with one attached hydrogen (secondary N) is 1. The van der Waals surface area contributed by atoms with Crippen molar-refractivity contribution in [2.75, 3.05) is 6.54 Å². The van der Waals surface area contributed by atoms with Crippen LogP contribution in [0.4, 0.5) is 0 Å². The van der Waals surface area contributed by atoms with E-state index in [1.165, 1.54) is 13.8 Å². The lowest BCUT2D eigenvalue weighted by molar-refractivity contribution is -0.149. The van der Waals surface area contributed by atoms with Crippen LogP contribution in [0.2, 0.25) is 0 Å². The van der Waals surface area contributed by atoms with Gasteiger partial charge in [-0.25, -0.2) is 0 Å². The first-order valence-corrected chi connectivity index (χ1v) is 4.64. The summed E-state index contributed by atoms with van der Waals surface area (Å²) in [7, 11) is 0. The molecular formula is C9H16N2O5. The van der Waals surface area contributed by atoms with Gasteiger partial charge in [0.05, 0.1) is 12.0 Å². The van der Waals surface area contributed by atoms with E-state index >= 15 is 0 Å². The third kappa shape index (κ3) is 4.74. The second kappa shape index (κ2) is 5.45. The summed E-state index contributed by atoms with van der Waals surface area (Å²) in [5, 5.41) is 20.0. The Morgan fingerprint density at radius 3 is 2.25 bits per heavy atom. The van der Waals surface area contributed by atoms with Crippen LogP contribution in [0, 0.1) is 5.41 Å². The van der Waals surface area contributed by atoms with Crippen molar-refractivity contribution in [1.82, 2.24) is 5.32 Å².